The van der Waals surface area contributed by atoms with Gasteiger partial charge >= 0.3 is 0 Å². The molecule has 0 unspecified atom stereocenters. The Morgan fingerprint density at radius 1 is 1.86 bits per heavy atom. The summed E-state index contributed by atoms with van der Waals surface area (Å²) in [7, 11) is 2.04. The van der Waals surface area contributed by atoms with Crippen molar-refractivity contribution in [1.29, 1.82) is 0 Å². The second-order valence-corrected chi connectivity index (χ2v) is 1.67. The number of rotatable bonds is 0. The van der Waals surface area contributed by atoms with E-state index in [1.165, 1.54) is 0 Å². The molecular weight excluding hydrogens is 90.1 g/mol. The SMILES string of the molecule is CN1CC=NNC1. The molecule has 0 aromatic rings. The number of hydrazone groups is 1. The van der Waals surface area contributed by atoms with Crippen molar-refractivity contribution in [2.24, 2.45) is 5.10 Å². The first kappa shape index (κ1) is 4.59. The van der Waals surface area contributed by atoms with Crippen LogP contribution in [0, 0.1) is 0 Å². The Bertz CT molecular complexity index is 79.0. The molecule has 0 aliphatic carbocycles. The highest BCUT2D eigenvalue weighted by molar-refractivity contribution is 5.59. The van der Waals surface area contributed by atoms with Crippen LogP contribution >= 0.6 is 0 Å². The second-order valence-electron chi connectivity index (χ2n) is 1.67. The molecule has 0 spiro atoms. The molecule has 1 rings (SSSR count). The van der Waals surface area contributed by atoms with Crippen LogP contribution in [-0.4, -0.2) is 31.4 Å². The van der Waals surface area contributed by atoms with Gasteiger partial charge in [-0.25, -0.2) is 0 Å². The van der Waals surface area contributed by atoms with Crippen molar-refractivity contribution in [3.8, 4) is 0 Å². The molecule has 0 saturated heterocycles. The molecule has 0 radical (unpaired) electrons. The molecule has 0 bridgehead atoms. The number of nitrogens with zero attached hydrogens (tertiary/aromatic N) is 2. The first-order valence-corrected chi connectivity index (χ1v) is 2.32. The molecule has 1 aliphatic heterocycles. The average molecular weight is 99.1 g/mol. The number of hydrogen-bond donors (Lipinski definition) is 1. The summed E-state index contributed by atoms with van der Waals surface area (Å²) in [6.45, 7) is 1.84. The molecule has 0 amide bonds. The Morgan fingerprint density at radius 2 is 2.71 bits per heavy atom. The van der Waals surface area contributed by atoms with Crippen molar-refractivity contribution in [2.45, 2.75) is 0 Å². The molecular formula is C4H9N3. The van der Waals surface area contributed by atoms with Crippen molar-refractivity contribution in [3.05, 3.63) is 0 Å². The summed E-state index contributed by atoms with van der Waals surface area (Å²) in [4.78, 5) is 2.13. The topological polar surface area (TPSA) is 27.6 Å². The highest BCUT2D eigenvalue weighted by atomic mass is 15.4. The number of nitrogens with one attached hydrogen (secondary N) is 1. The summed E-state index contributed by atoms with van der Waals surface area (Å²) in [5.74, 6) is 0. The van der Waals surface area contributed by atoms with Crippen LogP contribution in [0.1, 0.15) is 0 Å². The Balaban J connectivity index is 2.32. The lowest BCUT2D eigenvalue weighted by Crippen LogP contribution is -2.33. The molecule has 0 atom stereocenters. The van der Waals surface area contributed by atoms with Crippen molar-refractivity contribution < 1.29 is 0 Å². The third-order valence-corrected chi connectivity index (χ3v) is 0.917. The van der Waals surface area contributed by atoms with E-state index in [4.69, 9.17) is 0 Å². The van der Waals surface area contributed by atoms with Gasteiger partial charge in [0.15, 0.2) is 0 Å². The smallest absolute Gasteiger partial charge is 0.0849 e. The number of hydrogen-bond acceptors (Lipinski definition) is 3. The Labute approximate surface area is 43.0 Å². The van der Waals surface area contributed by atoms with Gasteiger partial charge in [-0.1, -0.05) is 0 Å². The summed E-state index contributed by atoms with van der Waals surface area (Å²) in [5, 5.41) is 3.81. The van der Waals surface area contributed by atoms with Crippen molar-refractivity contribution in [3.63, 3.8) is 0 Å². The van der Waals surface area contributed by atoms with Crippen LogP contribution in [0.4, 0.5) is 0 Å². The highest BCUT2D eigenvalue weighted by Gasteiger charge is 1.95. The summed E-state index contributed by atoms with van der Waals surface area (Å²) in [6, 6.07) is 0. The van der Waals surface area contributed by atoms with Gasteiger partial charge in [0, 0.05) is 12.8 Å². The van der Waals surface area contributed by atoms with E-state index in [0.29, 0.717) is 0 Å². The second kappa shape index (κ2) is 1.93. The first-order chi connectivity index (χ1) is 3.39. The maximum Gasteiger partial charge on any atom is 0.0849 e. The molecule has 3 nitrogen and oxygen atoms in total. The average Bonchev–Trinajstić information content (AvgIpc) is 1.69. The van der Waals surface area contributed by atoms with Crippen LogP contribution in [0.15, 0.2) is 5.10 Å². The van der Waals surface area contributed by atoms with E-state index < -0.39 is 0 Å². The molecule has 3 heteroatoms. The minimum atomic E-state index is 0.872. The molecule has 0 aromatic carbocycles. The fraction of sp³-hybridized carbons (Fsp3) is 0.750. The third kappa shape index (κ3) is 1.16. The van der Waals surface area contributed by atoms with Crippen molar-refractivity contribution in [1.82, 2.24) is 10.3 Å². The largest absolute Gasteiger partial charge is 0.296 e. The van der Waals surface area contributed by atoms with Crippen LogP contribution in [0.25, 0.3) is 0 Å². The maximum absolute atomic E-state index is 3.81. The van der Waals surface area contributed by atoms with Crippen molar-refractivity contribution >= 4 is 6.21 Å². The standard InChI is InChI=1S/C4H9N3/c1-7-3-2-5-6-4-7/h2,6H,3-4H2,1H3. The van der Waals surface area contributed by atoms with Gasteiger partial charge in [-0.2, -0.15) is 5.10 Å². The quantitative estimate of drug-likeness (QED) is 0.442. The van der Waals surface area contributed by atoms with E-state index in [-0.39, 0.29) is 0 Å². The normalized spacial score (nSPS) is 21.9. The van der Waals surface area contributed by atoms with Gasteiger partial charge in [0.05, 0.1) is 6.67 Å². The van der Waals surface area contributed by atoms with E-state index in [2.05, 4.69) is 15.4 Å². The van der Waals surface area contributed by atoms with Crippen LogP contribution in [0.3, 0.4) is 0 Å². The van der Waals surface area contributed by atoms with Gasteiger partial charge in [0.1, 0.15) is 0 Å². The maximum atomic E-state index is 3.81. The lowest BCUT2D eigenvalue weighted by molar-refractivity contribution is 0.337. The molecule has 7 heavy (non-hydrogen) atoms. The summed E-state index contributed by atoms with van der Waals surface area (Å²) < 4.78 is 0. The van der Waals surface area contributed by atoms with Gasteiger partial charge in [0.2, 0.25) is 0 Å². The minimum Gasteiger partial charge on any atom is -0.296 e. The van der Waals surface area contributed by atoms with Gasteiger partial charge in [-0.15, -0.1) is 0 Å². The monoisotopic (exact) mass is 99.1 g/mol. The predicted molar refractivity (Wildman–Crippen MR) is 29.1 cm³/mol. The summed E-state index contributed by atoms with van der Waals surface area (Å²) in [5.41, 5.74) is 2.83. The zero-order chi connectivity index (χ0) is 5.11. The first-order valence-electron chi connectivity index (χ1n) is 2.32. The molecule has 0 aromatic heterocycles. The fourth-order valence-electron chi connectivity index (χ4n) is 0.471. The lowest BCUT2D eigenvalue weighted by Gasteiger charge is -2.16. The van der Waals surface area contributed by atoms with Crippen LogP contribution < -0.4 is 5.43 Å². The van der Waals surface area contributed by atoms with Crippen LogP contribution in [0.2, 0.25) is 0 Å². The minimum absolute atomic E-state index is 0.872. The molecule has 1 heterocycles. The van der Waals surface area contributed by atoms with Crippen molar-refractivity contribution in [2.75, 3.05) is 20.3 Å². The van der Waals surface area contributed by atoms with Crippen LogP contribution in [-0.2, 0) is 0 Å². The third-order valence-electron chi connectivity index (χ3n) is 0.917. The fourth-order valence-corrected chi connectivity index (χ4v) is 0.471. The van der Waals surface area contributed by atoms with E-state index in [0.717, 1.165) is 13.2 Å². The van der Waals surface area contributed by atoms with E-state index in [1.54, 1.807) is 0 Å². The van der Waals surface area contributed by atoms with E-state index >= 15 is 0 Å². The Kier molecular flexibility index (Phi) is 1.26. The van der Waals surface area contributed by atoms with Gasteiger partial charge in [-0.3, -0.25) is 10.3 Å². The summed E-state index contributed by atoms with van der Waals surface area (Å²) in [6.07, 6.45) is 1.85. The molecule has 1 N–H and O–H groups in total. The van der Waals surface area contributed by atoms with Gasteiger partial charge < -0.3 is 0 Å². The molecule has 0 fully saturated rings. The molecule has 0 saturated carbocycles. The Morgan fingerprint density at radius 3 is 3.00 bits per heavy atom. The van der Waals surface area contributed by atoms with Gasteiger partial charge in [-0.05, 0) is 7.05 Å². The zero-order valence-corrected chi connectivity index (χ0v) is 4.39. The zero-order valence-electron chi connectivity index (χ0n) is 4.39. The van der Waals surface area contributed by atoms with Gasteiger partial charge in [0.25, 0.3) is 0 Å². The van der Waals surface area contributed by atoms with E-state index in [9.17, 15) is 0 Å². The lowest BCUT2D eigenvalue weighted by atomic mass is 10.6. The highest BCUT2D eigenvalue weighted by Crippen LogP contribution is 1.79. The summed E-state index contributed by atoms with van der Waals surface area (Å²) >= 11 is 0. The van der Waals surface area contributed by atoms with Crippen LogP contribution in [0.5, 0.6) is 0 Å². The molecule has 40 valence electrons. The van der Waals surface area contributed by atoms with E-state index in [1.807, 2.05) is 13.3 Å². The predicted octanol–water partition coefficient (Wildman–Crippen LogP) is -0.535. The molecule has 1 aliphatic rings. The Hall–Kier alpha value is -0.570.